The van der Waals surface area contributed by atoms with Crippen LogP contribution in [0.2, 0.25) is 0 Å². The summed E-state index contributed by atoms with van der Waals surface area (Å²) in [5.74, 6) is 1.55. The minimum absolute atomic E-state index is 0.114. The first-order chi connectivity index (χ1) is 17.1. The lowest BCUT2D eigenvalue weighted by molar-refractivity contribution is 0.00312. The molecule has 0 saturated carbocycles. The van der Waals surface area contributed by atoms with Gasteiger partial charge < -0.3 is 9.84 Å². The Kier molecular flexibility index (Phi) is 8.23. The molecule has 4 bridgehead atoms. The number of ether oxygens (including phenoxy) is 1. The third kappa shape index (κ3) is 6.99. The predicted octanol–water partition coefficient (Wildman–Crippen LogP) is 6.26. The van der Waals surface area contributed by atoms with E-state index in [-0.39, 0.29) is 6.04 Å². The van der Waals surface area contributed by atoms with Crippen LogP contribution in [0.5, 0.6) is 5.88 Å². The van der Waals surface area contributed by atoms with Gasteiger partial charge in [-0.15, -0.1) is 0 Å². The van der Waals surface area contributed by atoms with Gasteiger partial charge in [0, 0.05) is 35.7 Å². The molecule has 2 aromatic carbocycles. The quantitative estimate of drug-likeness (QED) is 0.396. The first-order valence-corrected chi connectivity index (χ1v) is 13.5. The minimum Gasteiger partial charge on any atom is -0.476 e. The zero-order valence-corrected chi connectivity index (χ0v) is 23.0. The van der Waals surface area contributed by atoms with E-state index < -0.39 is 5.60 Å². The Bertz CT molecular complexity index is 1170. The Morgan fingerprint density at radius 1 is 1.11 bits per heavy atom. The molecule has 0 fully saturated rings. The van der Waals surface area contributed by atoms with Crippen molar-refractivity contribution in [1.82, 2.24) is 14.9 Å². The predicted molar refractivity (Wildman–Crippen MR) is 148 cm³/mol. The van der Waals surface area contributed by atoms with Crippen LogP contribution in [0.1, 0.15) is 50.8 Å². The normalized spacial score (nSPS) is 16.9. The van der Waals surface area contributed by atoms with Crippen molar-refractivity contribution in [2.24, 2.45) is 5.92 Å². The minimum atomic E-state index is -0.825. The van der Waals surface area contributed by atoms with Crippen LogP contribution in [-0.4, -0.2) is 44.8 Å². The van der Waals surface area contributed by atoms with E-state index in [0.29, 0.717) is 30.9 Å². The van der Waals surface area contributed by atoms with Crippen LogP contribution in [0, 0.1) is 19.8 Å². The van der Waals surface area contributed by atoms with Crippen molar-refractivity contribution in [2.45, 2.75) is 71.0 Å². The second-order valence-corrected chi connectivity index (χ2v) is 11.7. The Hall–Kier alpha value is -2.61. The van der Waals surface area contributed by atoms with E-state index in [2.05, 4.69) is 79.8 Å². The fraction of sp³-hybridized carbons (Fsp3) is 0.448. The monoisotopic (exact) mass is 506 g/mol. The molecule has 6 nitrogen and oxygen atoms in total. The number of benzene rings is 2. The van der Waals surface area contributed by atoms with Gasteiger partial charge in [0.05, 0.1) is 11.3 Å². The van der Waals surface area contributed by atoms with Crippen LogP contribution in [0.15, 0.2) is 53.4 Å². The molecule has 36 heavy (non-hydrogen) atoms. The zero-order chi connectivity index (χ0) is 25.9. The summed E-state index contributed by atoms with van der Waals surface area (Å²) in [6.45, 7) is 14.2. The number of fused-ring (bicyclic) bond motifs is 4. The molecule has 0 radical (unpaired) electrons. The van der Waals surface area contributed by atoms with Crippen LogP contribution in [0.4, 0.5) is 5.95 Å². The number of hydrogen-bond acceptors (Lipinski definition) is 7. The second kappa shape index (κ2) is 11.2. The van der Waals surface area contributed by atoms with E-state index >= 15 is 0 Å². The average Bonchev–Trinajstić information content (AvgIpc) is 2.79. The molecule has 1 unspecified atom stereocenters. The summed E-state index contributed by atoms with van der Waals surface area (Å²) < 4.78 is 9.73. The molecule has 2 N–H and O–H groups in total. The van der Waals surface area contributed by atoms with Gasteiger partial charge in [-0.1, -0.05) is 44.2 Å². The molecule has 1 aliphatic heterocycles. The van der Waals surface area contributed by atoms with Gasteiger partial charge in [-0.3, -0.25) is 9.62 Å². The summed E-state index contributed by atoms with van der Waals surface area (Å²) in [4.78, 5) is 13.0. The van der Waals surface area contributed by atoms with Crippen molar-refractivity contribution < 1.29 is 9.84 Å². The lowest BCUT2D eigenvalue weighted by atomic mass is 9.99. The molecule has 0 amide bonds. The largest absolute Gasteiger partial charge is 0.476 e. The van der Waals surface area contributed by atoms with Gasteiger partial charge in [0.15, 0.2) is 0 Å². The summed E-state index contributed by atoms with van der Waals surface area (Å²) >= 11 is 1.49. The van der Waals surface area contributed by atoms with E-state index in [9.17, 15) is 5.11 Å². The van der Waals surface area contributed by atoms with Crippen molar-refractivity contribution in [2.75, 3.05) is 17.9 Å². The topological polar surface area (TPSA) is 70.5 Å². The van der Waals surface area contributed by atoms with Gasteiger partial charge in [0.2, 0.25) is 11.8 Å². The Balaban J connectivity index is 1.78. The van der Waals surface area contributed by atoms with Crippen LogP contribution >= 0.6 is 11.9 Å². The molecular weight excluding hydrogens is 468 g/mol. The molecule has 1 atom stereocenters. The molecule has 192 valence electrons. The molecule has 7 heteroatoms. The molecular formula is C29H38N4O2S. The molecule has 1 aliphatic rings. The molecule has 0 aliphatic carbocycles. The highest BCUT2D eigenvalue weighted by Gasteiger charge is 2.27. The van der Waals surface area contributed by atoms with E-state index in [4.69, 9.17) is 14.7 Å². The van der Waals surface area contributed by atoms with Crippen molar-refractivity contribution >= 4 is 17.9 Å². The standard InChI is InChI=1S/C29H38N4O2S/c1-19(2)13-23-17-35-26-15-25(27-20(3)9-7-10-21(27)4)30-28(31-26)32-36-24-12-8-11-22(14-24)16-33(23)18-29(5,6)34/h7-12,14-15,19,23,34H,13,16-18H2,1-6H3,(H,30,31,32). The van der Waals surface area contributed by atoms with Crippen molar-refractivity contribution in [3.63, 3.8) is 0 Å². The number of anilines is 1. The van der Waals surface area contributed by atoms with E-state index in [1.54, 1.807) is 0 Å². The number of aryl methyl sites for hydroxylation is 2. The smallest absolute Gasteiger partial charge is 0.237 e. The van der Waals surface area contributed by atoms with Crippen molar-refractivity contribution in [3.8, 4) is 17.1 Å². The van der Waals surface area contributed by atoms with E-state index in [1.807, 2.05) is 19.9 Å². The maximum absolute atomic E-state index is 10.7. The summed E-state index contributed by atoms with van der Waals surface area (Å²) in [5.41, 5.74) is 4.65. The highest BCUT2D eigenvalue weighted by atomic mass is 32.2. The number of nitrogens with one attached hydrogen (secondary N) is 1. The van der Waals surface area contributed by atoms with Gasteiger partial charge in [-0.25, -0.2) is 4.98 Å². The number of rotatable bonds is 5. The Labute approximate surface area is 219 Å². The number of nitrogens with zero attached hydrogens (tertiary/aromatic N) is 3. The summed E-state index contributed by atoms with van der Waals surface area (Å²) in [6, 6.07) is 16.8. The molecule has 0 saturated heterocycles. The van der Waals surface area contributed by atoms with Gasteiger partial charge >= 0.3 is 0 Å². The van der Waals surface area contributed by atoms with Gasteiger partial charge in [-0.2, -0.15) is 4.98 Å². The van der Waals surface area contributed by atoms with E-state index in [1.165, 1.54) is 17.5 Å². The Morgan fingerprint density at radius 2 is 1.83 bits per heavy atom. The molecule has 4 rings (SSSR count). The summed E-state index contributed by atoms with van der Waals surface area (Å²) in [6.07, 6.45) is 0.949. The SMILES string of the molecule is Cc1cccc(C)c1-c1cc2nc(n1)NSc1cccc(c1)CN(CC(C)(C)O)C(CC(C)C)CO2. The van der Waals surface area contributed by atoms with Crippen LogP contribution in [-0.2, 0) is 6.54 Å². The lowest BCUT2D eigenvalue weighted by Crippen LogP contribution is -2.47. The third-order valence-electron chi connectivity index (χ3n) is 6.26. The average molecular weight is 507 g/mol. The van der Waals surface area contributed by atoms with E-state index in [0.717, 1.165) is 40.2 Å². The number of hydrogen-bond donors (Lipinski definition) is 2. The number of β-amino-alcohol motifs (C(OH)–C–C–N with tert-alkyl or cyclic N) is 1. The fourth-order valence-corrected chi connectivity index (χ4v) is 5.45. The van der Waals surface area contributed by atoms with Crippen LogP contribution in [0.25, 0.3) is 11.3 Å². The maximum Gasteiger partial charge on any atom is 0.237 e. The highest BCUT2D eigenvalue weighted by molar-refractivity contribution is 8.00. The first-order valence-electron chi connectivity index (χ1n) is 12.6. The summed E-state index contributed by atoms with van der Waals surface area (Å²) in [7, 11) is 0. The maximum atomic E-state index is 10.7. The first kappa shape index (κ1) is 26.5. The molecule has 1 aromatic heterocycles. The number of aliphatic hydroxyl groups is 1. The number of aromatic nitrogens is 2. The highest BCUT2D eigenvalue weighted by Crippen LogP contribution is 2.31. The van der Waals surface area contributed by atoms with Crippen LogP contribution < -0.4 is 9.46 Å². The third-order valence-corrected chi connectivity index (χ3v) is 7.03. The zero-order valence-electron chi connectivity index (χ0n) is 22.2. The molecule has 0 spiro atoms. The van der Waals surface area contributed by atoms with Crippen molar-refractivity contribution in [1.29, 1.82) is 0 Å². The van der Waals surface area contributed by atoms with Gasteiger partial charge in [0.1, 0.15) is 6.61 Å². The van der Waals surface area contributed by atoms with Crippen LogP contribution in [0.3, 0.4) is 0 Å². The molecule has 2 heterocycles. The second-order valence-electron chi connectivity index (χ2n) is 10.8. The fourth-order valence-electron chi connectivity index (χ4n) is 4.80. The lowest BCUT2D eigenvalue weighted by Gasteiger charge is -2.36. The van der Waals surface area contributed by atoms with Gasteiger partial charge in [0.25, 0.3) is 0 Å². The van der Waals surface area contributed by atoms with Gasteiger partial charge in [-0.05, 0) is 80.8 Å². The summed E-state index contributed by atoms with van der Waals surface area (Å²) in [5, 5.41) is 10.7. The van der Waals surface area contributed by atoms with Crippen molar-refractivity contribution in [3.05, 3.63) is 65.2 Å². The Morgan fingerprint density at radius 3 is 2.53 bits per heavy atom. The molecule has 3 aromatic rings.